The van der Waals surface area contributed by atoms with Crippen LogP contribution in [0.3, 0.4) is 0 Å². The van der Waals surface area contributed by atoms with Crippen molar-refractivity contribution >= 4 is 0 Å². The molecule has 4 heteroatoms. The minimum Gasteiger partial charge on any atom is -0.506 e. The van der Waals surface area contributed by atoms with E-state index in [1.54, 1.807) is 12.3 Å². The van der Waals surface area contributed by atoms with Gasteiger partial charge in [-0.1, -0.05) is 0 Å². The molecule has 0 aliphatic heterocycles. The van der Waals surface area contributed by atoms with Crippen LogP contribution in [0.15, 0.2) is 42.7 Å². The second kappa shape index (κ2) is 6.24. The van der Waals surface area contributed by atoms with Crippen LogP contribution < -0.4 is 0 Å². The van der Waals surface area contributed by atoms with Crippen molar-refractivity contribution in [2.45, 2.75) is 33.6 Å². The normalized spacial score (nSPS) is 10.9. The number of pyridine rings is 2. The van der Waals surface area contributed by atoms with Crippen LogP contribution >= 0.6 is 0 Å². The molecule has 3 aromatic rings. The standard InChI is InChI=1S/C19H21N3O/c1-13-8-17(7-6-16-10-18(23)12-20-11-16)21-19(9-13)22-14(2)4-5-15(22)3/h4-5,8-12,23H,6-7H2,1-3H3. The van der Waals surface area contributed by atoms with Crippen LogP contribution in [0.4, 0.5) is 0 Å². The summed E-state index contributed by atoms with van der Waals surface area (Å²) >= 11 is 0. The van der Waals surface area contributed by atoms with Crippen LogP contribution in [-0.2, 0) is 12.8 Å². The molecule has 118 valence electrons. The number of aromatic hydroxyl groups is 1. The molecule has 3 heterocycles. The van der Waals surface area contributed by atoms with Gasteiger partial charge in [-0.15, -0.1) is 0 Å². The molecule has 0 fully saturated rings. The smallest absolute Gasteiger partial charge is 0.137 e. The first-order valence-corrected chi connectivity index (χ1v) is 7.79. The Kier molecular flexibility index (Phi) is 4.15. The zero-order chi connectivity index (χ0) is 16.4. The van der Waals surface area contributed by atoms with Gasteiger partial charge in [-0.2, -0.15) is 0 Å². The zero-order valence-corrected chi connectivity index (χ0v) is 13.7. The van der Waals surface area contributed by atoms with E-state index in [0.29, 0.717) is 0 Å². The zero-order valence-electron chi connectivity index (χ0n) is 13.7. The molecule has 0 radical (unpaired) electrons. The highest BCUT2D eigenvalue weighted by molar-refractivity contribution is 5.36. The minimum atomic E-state index is 0.207. The number of aryl methyl sites for hydroxylation is 5. The summed E-state index contributed by atoms with van der Waals surface area (Å²) in [6, 6.07) is 10.2. The fourth-order valence-electron chi connectivity index (χ4n) is 2.88. The molecule has 4 nitrogen and oxygen atoms in total. The SMILES string of the molecule is Cc1cc(CCc2cncc(O)c2)nc(-n2c(C)ccc2C)c1. The van der Waals surface area contributed by atoms with Crippen molar-refractivity contribution in [1.29, 1.82) is 0 Å². The Morgan fingerprint density at radius 2 is 1.70 bits per heavy atom. The average molecular weight is 307 g/mol. The van der Waals surface area contributed by atoms with Gasteiger partial charge in [-0.3, -0.25) is 4.98 Å². The fourth-order valence-corrected chi connectivity index (χ4v) is 2.88. The Morgan fingerprint density at radius 3 is 2.39 bits per heavy atom. The molecule has 0 spiro atoms. The molecular weight excluding hydrogens is 286 g/mol. The third kappa shape index (κ3) is 3.42. The summed E-state index contributed by atoms with van der Waals surface area (Å²) in [5.41, 5.74) is 5.64. The van der Waals surface area contributed by atoms with Crippen molar-refractivity contribution in [2.75, 3.05) is 0 Å². The lowest BCUT2D eigenvalue weighted by atomic mass is 10.1. The van der Waals surface area contributed by atoms with Crippen LogP contribution in [0.25, 0.3) is 5.82 Å². The van der Waals surface area contributed by atoms with E-state index >= 15 is 0 Å². The van der Waals surface area contributed by atoms with Crippen LogP contribution in [0.5, 0.6) is 5.75 Å². The molecule has 0 atom stereocenters. The lowest BCUT2D eigenvalue weighted by Gasteiger charge is -2.12. The minimum absolute atomic E-state index is 0.207. The Balaban J connectivity index is 1.86. The van der Waals surface area contributed by atoms with Crippen LogP contribution in [-0.4, -0.2) is 19.6 Å². The van der Waals surface area contributed by atoms with Crippen molar-refractivity contribution in [3.63, 3.8) is 0 Å². The molecule has 0 aliphatic carbocycles. The summed E-state index contributed by atoms with van der Waals surface area (Å²) in [5, 5.41) is 9.50. The molecule has 1 N–H and O–H groups in total. The quantitative estimate of drug-likeness (QED) is 0.800. The van der Waals surface area contributed by atoms with Crippen molar-refractivity contribution in [2.24, 2.45) is 0 Å². The number of aromatic nitrogens is 3. The third-order valence-electron chi connectivity index (χ3n) is 3.96. The Morgan fingerprint density at radius 1 is 0.957 bits per heavy atom. The van der Waals surface area contributed by atoms with Gasteiger partial charge in [-0.25, -0.2) is 4.98 Å². The second-order valence-electron chi connectivity index (χ2n) is 6.00. The molecule has 0 saturated heterocycles. The molecule has 0 aliphatic rings. The second-order valence-corrected chi connectivity index (χ2v) is 6.00. The van der Waals surface area contributed by atoms with E-state index in [0.717, 1.165) is 29.9 Å². The summed E-state index contributed by atoms with van der Waals surface area (Å²) < 4.78 is 2.17. The monoisotopic (exact) mass is 307 g/mol. The highest BCUT2D eigenvalue weighted by Gasteiger charge is 2.08. The highest BCUT2D eigenvalue weighted by atomic mass is 16.3. The lowest BCUT2D eigenvalue weighted by Crippen LogP contribution is -2.05. The van der Waals surface area contributed by atoms with Gasteiger partial charge < -0.3 is 9.67 Å². The Bertz CT molecular complexity index is 817. The summed E-state index contributed by atoms with van der Waals surface area (Å²) in [7, 11) is 0. The van der Waals surface area contributed by atoms with Crippen molar-refractivity contribution in [1.82, 2.24) is 14.5 Å². The number of rotatable bonds is 4. The maximum Gasteiger partial charge on any atom is 0.137 e. The predicted molar refractivity (Wildman–Crippen MR) is 91.1 cm³/mol. The Labute approximate surface area is 136 Å². The average Bonchev–Trinajstić information content (AvgIpc) is 2.84. The van der Waals surface area contributed by atoms with Gasteiger partial charge in [0.1, 0.15) is 11.6 Å². The first-order valence-electron chi connectivity index (χ1n) is 7.79. The lowest BCUT2D eigenvalue weighted by molar-refractivity contribution is 0.471. The van der Waals surface area contributed by atoms with E-state index in [1.807, 2.05) is 0 Å². The highest BCUT2D eigenvalue weighted by Crippen LogP contribution is 2.18. The van der Waals surface area contributed by atoms with Gasteiger partial charge in [0.2, 0.25) is 0 Å². The number of nitrogens with zero attached hydrogens (tertiary/aromatic N) is 3. The van der Waals surface area contributed by atoms with Crippen molar-refractivity contribution in [3.8, 4) is 11.6 Å². The molecule has 0 bridgehead atoms. The maximum absolute atomic E-state index is 9.50. The molecule has 0 unspecified atom stereocenters. The van der Waals surface area contributed by atoms with Crippen molar-refractivity contribution < 1.29 is 5.11 Å². The largest absolute Gasteiger partial charge is 0.506 e. The van der Waals surface area contributed by atoms with Gasteiger partial charge in [0.15, 0.2) is 0 Å². The molecular formula is C19H21N3O. The predicted octanol–water partition coefficient (Wildman–Crippen LogP) is 3.68. The Hall–Kier alpha value is -2.62. The number of hydrogen-bond donors (Lipinski definition) is 1. The van der Waals surface area contributed by atoms with Gasteiger partial charge in [-0.05, 0) is 75.1 Å². The van der Waals surface area contributed by atoms with Gasteiger partial charge in [0.25, 0.3) is 0 Å². The van der Waals surface area contributed by atoms with E-state index in [4.69, 9.17) is 4.98 Å². The van der Waals surface area contributed by atoms with Gasteiger partial charge in [0.05, 0.1) is 6.20 Å². The van der Waals surface area contributed by atoms with E-state index in [9.17, 15) is 5.11 Å². The summed E-state index contributed by atoms with van der Waals surface area (Å²) in [5.74, 6) is 1.17. The first-order chi connectivity index (χ1) is 11.0. The molecule has 0 saturated carbocycles. The molecule has 0 aromatic carbocycles. The maximum atomic E-state index is 9.50. The van der Waals surface area contributed by atoms with E-state index in [1.165, 1.54) is 23.1 Å². The molecule has 3 rings (SSSR count). The summed E-state index contributed by atoms with van der Waals surface area (Å²) in [6.07, 6.45) is 4.86. The van der Waals surface area contributed by atoms with Crippen LogP contribution in [0, 0.1) is 20.8 Å². The molecule has 0 amide bonds. The summed E-state index contributed by atoms with van der Waals surface area (Å²) in [6.45, 7) is 6.28. The summed E-state index contributed by atoms with van der Waals surface area (Å²) in [4.78, 5) is 8.84. The van der Waals surface area contributed by atoms with Gasteiger partial charge >= 0.3 is 0 Å². The van der Waals surface area contributed by atoms with E-state index in [-0.39, 0.29) is 5.75 Å². The molecule has 23 heavy (non-hydrogen) atoms. The third-order valence-corrected chi connectivity index (χ3v) is 3.96. The molecule has 3 aromatic heterocycles. The fraction of sp³-hybridized carbons (Fsp3) is 0.263. The van der Waals surface area contributed by atoms with Crippen molar-refractivity contribution in [3.05, 3.63) is 70.9 Å². The van der Waals surface area contributed by atoms with E-state index in [2.05, 4.69) is 54.6 Å². The topological polar surface area (TPSA) is 50.9 Å². The van der Waals surface area contributed by atoms with Crippen LogP contribution in [0.2, 0.25) is 0 Å². The van der Waals surface area contributed by atoms with Gasteiger partial charge in [0, 0.05) is 23.3 Å². The van der Waals surface area contributed by atoms with Crippen LogP contribution in [0.1, 0.15) is 28.2 Å². The van der Waals surface area contributed by atoms with E-state index < -0.39 is 0 Å². The number of hydrogen-bond acceptors (Lipinski definition) is 3. The first kappa shape index (κ1) is 15.3.